The summed E-state index contributed by atoms with van der Waals surface area (Å²) in [5.74, 6) is 2.17. The molecule has 0 saturated heterocycles. The predicted octanol–water partition coefficient (Wildman–Crippen LogP) is 4.61. The molecule has 0 radical (unpaired) electrons. The van der Waals surface area contributed by atoms with Gasteiger partial charge in [0.05, 0.1) is 26.0 Å². The van der Waals surface area contributed by atoms with Crippen LogP contribution in [0.4, 0.5) is 0 Å². The van der Waals surface area contributed by atoms with E-state index in [0.29, 0.717) is 17.5 Å². The molecule has 1 aliphatic carbocycles. The molecular weight excluding hydrogens is 394 g/mol. The summed E-state index contributed by atoms with van der Waals surface area (Å²) in [7, 11) is 3.28. The lowest BCUT2D eigenvalue weighted by molar-refractivity contribution is 0.307. The zero-order valence-electron chi connectivity index (χ0n) is 16.0. The SMILES string of the molecule is COc1ccc(-c2nc(CSc3nnnn3C3CCCCC3)cs2)cc1OC. The second kappa shape index (κ2) is 8.91. The summed E-state index contributed by atoms with van der Waals surface area (Å²) in [6.07, 6.45) is 6.17. The highest BCUT2D eigenvalue weighted by molar-refractivity contribution is 7.98. The zero-order chi connectivity index (χ0) is 19.3. The first-order chi connectivity index (χ1) is 13.8. The van der Waals surface area contributed by atoms with Gasteiger partial charge < -0.3 is 9.47 Å². The first kappa shape index (κ1) is 19.2. The van der Waals surface area contributed by atoms with Crippen molar-refractivity contribution in [1.82, 2.24) is 25.2 Å². The fourth-order valence-electron chi connectivity index (χ4n) is 3.45. The maximum atomic E-state index is 5.40. The Morgan fingerprint density at radius 3 is 2.75 bits per heavy atom. The van der Waals surface area contributed by atoms with Gasteiger partial charge in [-0.15, -0.1) is 16.4 Å². The van der Waals surface area contributed by atoms with Gasteiger partial charge in [0.2, 0.25) is 5.16 Å². The number of rotatable bonds is 7. The molecule has 7 nitrogen and oxygen atoms in total. The molecule has 1 aromatic carbocycles. The highest BCUT2D eigenvalue weighted by Gasteiger charge is 2.20. The Kier molecular flexibility index (Phi) is 6.11. The highest BCUT2D eigenvalue weighted by atomic mass is 32.2. The highest BCUT2D eigenvalue weighted by Crippen LogP contribution is 2.35. The Balaban J connectivity index is 1.44. The largest absolute Gasteiger partial charge is 0.493 e. The summed E-state index contributed by atoms with van der Waals surface area (Å²) in [6, 6.07) is 6.30. The Hall–Kier alpha value is -2.13. The van der Waals surface area contributed by atoms with Crippen molar-refractivity contribution in [2.24, 2.45) is 0 Å². The molecule has 0 amide bonds. The Bertz CT molecular complexity index is 921. The van der Waals surface area contributed by atoms with Gasteiger partial charge in [-0.05, 0) is 41.5 Å². The third-order valence-electron chi connectivity index (χ3n) is 4.91. The van der Waals surface area contributed by atoms with Crippen molar-refractivity contribution in [2.75, 3.05) is 14.2 Å². The summed E-state index contributed by atoms with van der Waals surface area (Å²) < 4.78 is 12.7. The van der Waals surface area contributed by atoms with E-state index in [4.69, 9.17) is 14.5 Å². The van der Waals surface area contributed by atoms with Crippen molar-refractivity contribution in [1.29, 1.82) is 0 Å². The minimum atomic E-state index is 0.434. The van der Waals surface area contributed by atoms with Gasteiger partial charge in [0, 0.05) is 16.7 Å². The summed E-state index contributed by atoms with van der Waals surface area (Å²) in [5.41, 5.74) is 2.05. The lowest BCUT2D eigenvalue weighted by Crippen LogP contribution is -2.15. The third kappa shape index (κ3) is 4.15. The Morgan fingerprint density at radius 1 is 1.14 bits per heavy atom. The van der Waals surface area contributed by atoms with Crippen LogP contribution in [0.2, 0.25) is 0 Å². The first-order valence-corrected chi connectivity index (χ1v) is 11.2. The van der Waals surface area contributed by atoms with Crippen LogP contribution in [0, 0.1) is 0 Å². The van der Waals surface area contributed by atoms with Crippen molar-refractivity contribution >= 4 is 23.1 Å². The molecular formula is C19H23N5O2S2. The number of thiazole rings is 1. The second-order valence-electron chi connectivity index (χ2n) is 6.70. The smallest absolute Gasteiger partial charge is 0.209 e. The fraction of sp³-hybridized carbons (Fsp3) is 0.474. The summed E-state index contributed by atoms with van der Waals surface area (Å²) in [6.45, 7) is 0. The zero-order valence-corrected chi connectivity index (χ0v) is 17.6. The van der Waals surface area contributed by atoms with Crippen molar-refractivity contribution in [2.45, 2.75) is 49.1 Å². The molecule has 0 atom stereocenters. The number of ether oxygens (including phenoxy) is 2. The van der Waals surface area contributed by atoms with E-state index in [9.17, 15) is 0 Å². The molecule has 28 heavy (non-hydrogen) atoms. The predicted molar refractivity (Wildman–Crippen MR) is 110 cm³/mol. The number of hydrogen-bond acceptors (Lipinski definition) is 8. The number of hydrogen-bond donors (Lipinski definition) is 0. The molecule has 1 saturated carbocycles. The third-order valence-corrected chi connectivity index (χ3v) is 6.82. The van der Waals surface area contributed by atoms with E-state index < -0.39 is 0 Å². The van der Waals surface area contributed by atoms with Crippen LogP contribution in [0.25, 0.3) is 10.6 Å². The van der Waals surface area contributed by atoms with Crippen LogP contribution in [-0.2, 0) is 5.75 Å². The van der Waals surface area contributed by atoms with Crippen molar-refractivity contribution in [3.05, 3.63) is 29.3 Å². The van der Waals surface area contributed by atoms with Crippen LogP contribution in [0.1, 0.15) is 43.8 Å². The van der Waals surface area contributed by atoms with E-state index in [1.54, 1.807) is 37.3 Å². The molecule has 1 fully saturated rings. The van der Waals surface area contributed by atoms with E-state index in [-0.39, 0.29) is 0 Å². The van der Waals surface area contributed by atoms with Crippen LogP contribution in [0.5, 0.6) is 11.5 Å². The van der Waals surface area contributed by atoms with Gasteiger partial charge in [-0.25, -0.2) is 9.67 Å². The lowest BCUT2D eigenvalue weighted by Gasteiger charge is -2.21. The standard InChI is InChI=1S/C19H23N5O2S2/c1-25-16-9-8-13(10-17(16)26-2)18-20-14(11-27-18)12-28-19-21-22-23-24(19)15-6-4-3-5-7-15/h8-11,15H,3-7,12H2,1-2H3. The lowest BCUT2D eigenvalue weighted by atomic mass is 9.96. The van der Waals surface area contributed by atoms with Crippen molar-refractivity contribution in [3.8, 4) is 22.1 Å². The Morgan fingerprint density at radius 2 is 1.96 bits per heavy atom. The number of tetrazole rings is 1. The number of thioether (sulfide) groups is 1. The molecule has 148 valence electrons. The first-order valence-electron chi connectivity index (χ1n) is 9.36. The topological polar surface area (TPSA) is 75.0 Å². The van der Waals surface area contributed by atoms with Gasteiger partial charge in [0.25, 0.3) is 0 Å². The normalized spacial score (nSPS) is 14.9. The molecule has 1 aliphatic rings. The maximum absolute atomic E-state index is 5.40. The summed E-state index contributed by atoms with van der Waals surface area (Å²) >= 11 is 3.27. The average Bonchev–Trinajstić information content (AvgIpc) is 3.42. The van der Waals surface area contributed by atoms with Gasteiger partial charge in [0.15, 0.2) is 11.5 Å². The van der Waals surface area contributed by atoms with Gasteiger partial charge >= 0.3 is 0 Å². The van der Waals surface area contributed by atoms with Gasteiger partial charge in [-0.2, -0.15) is 0 Å². The number of aromatic nitrogens is 5. The van der Waals surface area contributed by atoms with Crippen LogP contribution in [-0.4, -0.2) is 39.4 Å². The van der Waals surface area contributed by atoms with Crippen LogP contribution in [0.15, 0.2) is 28.7 Å². The van der Waals surface area contributed by atoms with E-state index >= 15 is 0 Å². The Labute approximate surface area is 172 Å². The van der Waals surface area contributed by atoms with Crippen LogP contribution in [0.3, 0.4) is 0 Å². The summed E-state index contributed by atoms with van der Waals surface area (Å²) in [4.78, 5) is 4.78. The van der Waals surface area contributed by atoms with E-state index in [2.05, 4.69) is 20.9 Å². The molecule has 2 aromatic heterocycles. The van der Waals surface area contributed by atoms with Crippen molar-refractivity contribution < 1.29 is 9.47 Å². The second-order valence-corrected chi connectivity index (χ2v) is 8.50. The number of nitrogens with zero attached hydrogens (tertiary/aromatic N) is 5. The van der Waals surface area contributed by atoms with E-state index in [0.717, 1.165) is 27.2 Å². The van der Waals surface area contributed by atoms with Gasteiger partial charge in [-0.3, -0.25) is 0 Å². The molecule has 0 N–H and O–H groups in total. The molecule has 0 aliphatic heterocycles. The minimum Gasteiger partial charge on any atom is -0.493 e. The van der Waals surface area contributed by atoms with E-state index in [1.165, 1.54) is 32.1 Å². The fourth-order valence-corrected chi connectivity index (χ4v) is 5.21. The number of methoxy groups -OCH3 is 2. The minimum absolute atomic E-state index is 0.434. The molecule has 4 rings (SSSR count). The molecule has 0 unspecified atom stereocenters. The van der Waals surface area contributed by atoms with Crippen LogP contribution >= 0.6 is 23.1 Å². The number of benzene rings is 1. The average molecular weight is 418 g/mol. The van der Waals surface area contributed by atoms with Crippen LogP contribution < -0.4 is 9.47 Å². The molecule has 3 aromatic rings. The summed E-state index contributed by atoms with van der Waals surface area (Å²) in [5, 5.41) is 16.3. The molecule has 0 bridgehead atoms. The van der Waals surface area contributed by atoms with E-state index in [1.807, 2.05) is 22.9 Å². The monoisotopic (exact) mass is 417 g/mol. The molecule has 9 heteroatoms. The maximum Gasteiger partial charge on any atom is 0.209 e. The molecule has 0 spiro atoms. The quantitative estimate of drug-likeness (QED) is 0.520. The van der Waals surface area contributed by atoms with Crippen molar-refractivity contribution in [3.63, 3.8) is 0 Å². The van der Waals surface area contributed by atoms with Gasteiger partial charge in [0.1, 0.15) is 5.01 Å². The molecule has 2 heterocycles. The van der Waals surface area contributed by atoms with Gasteiger partial charge in [-0.1, -0.05) is 31.0 Å².